The van der Waals surface area contributed by atoms with E-state index in [2.05, 4.69) is 31.7 Å². The number of carbonyl (C=O) groups is 1. The first kappa shape index (κ1) is 25.2. The topological polar surface area (TPSA) is 129 Å². The van der Waals surface area contributed by atoms with Gasteiger partial charge in [-0.3, -0.25) is 9.59 Å². The molecule has 0 spiro atoms. The predicted molar refractivity (Wildman–Crippen MR) is 146 cm³/mol. The van der Waals surface area contributed by atoms with Gasteiger partial charge in [-0.05, 0) is 38.5 Å². The van der Waals surface area contributed by atoms with Crippen LogP contribution in [0.1, 0.15) is 42.1 Å². The molecular weight excluding hydrogens is 504 g/mol. The Kier molecular flexibility index (Phi) is 6.46. The van der Waals surface area contributed by atoms with E-state index in [9.17, 15) is 14.9 Å². The van der Waals surface area contributed by atoms with Gasteiger partial charge in [0, 0.05) is 49.7 Å². The number of amides is 1. The van der Waals surface area contributed by atoms with Gasteiger partial charge in [-0.25, -0.2) is 15.0 Å². The van der Waals surface area contributed by atoms with Crippen molar-refractivity contribution in [2.24, 2.45) is 7.05 Å². The lowest BCUT2D eigenvalue weighted by Crippen LogP contribution is -2.42. The first-order valence-corrected chi connectivity index (χ1v) is 12.4. The van der Waals surface area contributed by atoms with Gasteiger partial charge in [-0.2, -0.15) is 5.26 Å². The molecule has 11 heteroatoms. The smallest absolute Gasteiger partial charge is 0.272 e. The van der Waals surface area contributed by atoms with Gasteiger partial charge < -0.3 is 20.1 Å². The van der Waals surface area contributed by atoms with Gasteiger partial charge in [0.15, 0.2) is 5.82 Å². The Morgan fingerprint density at radius 3 is 2.50 bits per heavy atom. The normalized spacial score (nSPS) is 13.1. The molecule has 3 aromatic heterocycles. The highest BCUT2D eigenvalue weighted by atomic mass is 35.5. The number of para-hydroxylation sites is 1. The molecule has 1 aromatic carbocycles. The number of carbonyl (C=O) groups excluding carboxylic acids is 1. The molecule has 192 valence electrons. The van der Waals surface area contributed by atoms with Gasteiger partial charge in [0.25, 0.3) is 11.5 Å². The summed E-state index contributed by atoms with van der Waals surface area (Å²) in [4.78, 5) is 40.4. The second-order valence-electron chi connectivity index (χ2n) is 9.58. The van der Waals surface area contributed by atoms with Crippen LogP contribution >= 0.6 is 11.6 Å². The summed E-state index contributed by atoms with van der Waals surface area (Å²) in [6.07, 6.45) is 4.28. The van der Waals surface area contributed by atoms with E-state index in [4.69, 9.17) is 11.6 Å². The minimum atomic E-state index is -0.678. The van der Waals surface area contributed by atoms with E-state index in [1.165, 1.54) is 16.7 Å². The second-order valence-corrected chi connectivity index (χ2v) is 9.94. The van der Waals surface area contributed by atoms with E-state index in [1.807, 2.05) is 26.0 Å². The number of anilines is 3. The number of rotatable bonds is 6. The molecule has 1 amide bonds. The third kappa shape index (κ3) is 4.53. The zero-order valence-electron chi connectivity index (χ0n) is 21.1. The summed E-state index contributed by atoms with van der Waals surface area (Å²) >= 11 is 6.32. The van der Waals surface area contributed by atoms with E-state index in [-0.39, 0.29) is 27.9 Å². The molecule has 2 N–H and O–H groups in total. The maximum absolute atomic E-state index is 13.0. The van der Waals surface area contributed by atoms with Crippen molar-refractivity contribution >= 4 is 45.5 Å². The van der Waals surface area contributed by atoms with E-state index in [0.717, 1.165) is 11.8 Å². The van der Waals surface area contributed by atoms with Crippen LogP contribution in [0, 0.1) is 11.3 Å². The lowest BCUT2D eigenvalue weighted by atomic mass is 10.0. The number of halogens is 1. The van der Waals surface area contributed by atoms with Gasteiger partial charge in [0.1, 0.15) is 22.5 Å². The average molecular weight is 529 g/mol. The summed E-state index contributed by atoms with van der Waals surface area (Å²) in [5.74, 6) is 0.334. The molecule has 1 aliphatic heterocycles. The summed E-state index contributed by atoms with van der Waals surface area (Å²) in [6, 6.07) is 12.4. The van der Waals surface area contributed by atoms with E-state index in [1.54, 1.807) is 36.5 Å². The molecule has 0 saturated carbocycles. The largest absolute Gasteiger partial charge is 0.372 e. The molecule has 38 heavy (non-hydrogen) atoms. The van der Waals surface area contributed by atoms with Crippen LogP contribution in [0.3, 0.4) is 0 Å². The summed E-state index contributed by atoms with van der Waals surface area (Å²) in [5.41, 5.74) is 1.42. The Hall–Kier alpha value is -4.49. The number of nitrogens with zero attached hydrogens (tertiary/aromatic N) is 6. The van der Waals surface area contributed by atoms with Crippen molar-refractivity contribution < 1.29 is 4.79 Å². The third-order valence-electron chi connectivity index (χ3n) is 6.55. The number of benzene rings is 1. The number of nitrogens with one attached hydrogen (secondary N) is 2. The van der Waals surface area contributed by atoms with Crippen molar-refractivity contribution in [2.75, 3.05) is 23.7 Å². The molecule has 0 unspecified atom stereocenters. The zero-order valence-corrected chi connectivity index (χ0v) is 21.9. The van der Waals surface area contributed by atoms with Crippen molar-refractivity contribution in [3.63, 3.8) is 0 Å². The lowest BCUT2D eigenvalue weighted by molar-refractivity contribution is 0.0645. The molecule has 1 aliphatic rings. The molecule has 10 nitrogen and oxygen atoms in total. The van der Waals surface area contributed by atoms with Crippen molar-refractivity contribution in [3.8, 4) is 6.07 Å². The second kappa shape index (κ2) is 9.76. The number of pyridine rings is 2. The molecule has 1 fully saturated rings. The highest BCUT2D eigenvalue weighted by molar-refractivity contribution is 6.31. The minimum Gasteiger partial charge on any atom is -0.372 e. The summed E-state index contributed by atoms with van der Waals surface area (Å²) in [5, 5.41) is 17.1. The van der Waals surface area contributed by atoms with Gasteiger partial charge in [-0.15, -0.1) is 0 Å². The van der Waals surface area contributed by atoms with Crippen LogP contribution in [-0.4, -0.2) is 43.4 Å². The van der Waals surface area contributed by atoms with Crippen molar-refractivity contribution in [1.82, 2.24) is 24.4 Å². The fraction of sp³-hybridized carbons (Fsp3) is 0.259. The molecule has 4 aromatic rings. The van der Waals surface area contributed by atoms with Crippen LogP contribution in [0.2, 0.25) is 5.15 Å². The number of hydrogen-bond donors (Lipinski definition) is 2. The number of aromatic nitrogens is 4. The fourth-order valence-electron chi connectivity index (χ4n) is 4.40. The average Bonchev–Trinajstić information content (AvgIpc) is 2.86. The molecular formula is C27H25ClN8O2. The van der Waals surface area contributed by atoms with Crippen LogP contribution < -0.4 is 16.2 Å². The van der Waals surface area contributed by atoms with Crippen LogP contribution in [-0.2, 0) is 12.6 Å². The maximum Gasteiger partial charge on any atom is 0.272 e. The van der Waals surface area contributed by atoms with Crippen LogP contribution in [0.5, 0.6) is 0 Å². The predicted octanol–water partition coefficient (Wildman–Crippen LogP) is 4.19. The van der Waals surface area contributed by atoms with E-state index >= 15 is 0 Å². The Morgan fingerprint density at radius 2 is 1.84 bits per heavy atom. The minimum absolute atomic E-state index is 0.0672. The van der Waals surface area contributed by atoms with Crippen LogP contribution in [0.4, 0.5) is 17.1 Å². The molecule has 4 heterocycles. The maximum atomic E-state index is 13.0. The van der Waals surface area contributed by atoms with E-state index < -0.39 is 5.54 Å². The van der Waals surface area contributed by atoms with Gasteiger partial charge >= 0.3 is 0 Å². The molecule has 1 saturated heterocycles. The Balaban J connectivity index is 1.60. The quantitative estimate of drug-likeness (QED) is 0.356. The van der Waals surface area contributed by atoms with Gasteiger partial charge in [0.05, 0.1) is 22.4 Å². The summed E-state index contributed by atoms with van der Waals surface area (Å²) < 4.78 is 1.52. The van der Waals surface area contributed by atoms with Crippen molar-refractivity contribution in [3.05, 3.63) is 81.4 Å². The lowest BCUT2D eigenvalue weighted by Gasteiger charge is -2.30. The molecule has 0 atom stereocenters. The van der Waals surface area contributed by atoms with Gasteiger partial charge in [0.2, 0.25) is 0 Å². The number of hydrogen-bond acceptors (Lipinski definition) is 8. The Labute approximate surface area is 223 Å². The van der Waals surface area contributed by atoms with E-state index in [0.29, 0.717) is 41.5 Å². The number of fused-ring (bicyclic) bond motifs is 1. The zero-order chi connectivity index (χ0) is 27.0. The Morgan fingerprint density at radius 1 is 1.11 bits per heavy atom. The fourth-order valence-corrected chi connectivity index (χ4v) is 4.64. The molecule has 0 bridgehead atoms. The first-order chi connectivity index (χ1) is 18.2. The SMILES string of the molecule is Cn1c(=O)cc(NC(C)(C)c2ncccn2)c2cccc(Nc3cc(C(=O)N4CCC4)nc(Cl)c3C#N)c21. The molecule has 0 aliphatic carbocycles. The van der Waals surface area contributed by atoms with Gasteiger partial charge in [-0.1, -0.05) is 23.7 Å². The van der Waals surface area contributed by atoms with Crippen molar-refractivity contribution in [2.45, 2.75) is 25.8 Å². The summed E-state index contributed by atoms with van der Waals surface area (Å²) in [7, 11) is 1.68. The first-order valence-electron chi connectivity index (χ1n) is 12.0. The molecule has 5 rings (SSSR count). The third-order valence-corrected chi connectivity index (χ3v) is 6.82. The number of likely N-dealkylation sites (tertiary alicyclic amines) is 1. The highest BCUT2D eigenvalue weighted by Gasteiger charge is 2.26. The number of nitriles is 1. The summed E-state index contributed by atoms with van der Waals surface area (Å²) in [6.45, 7) is 5.18. The number of aryl methyl sites for hydroxylation is 1. The standard InChI is InChI=1S/C27H25ClN8O2/c1-27(2,26-30-9-5-10-31-26)34-20-14-22(37)35(3)23-16(20)7-4-8-18(23)32-19-13-21(25(38)36-11-6-12-36)33-24(28)17(19)15-29/h4-5,7-10,13-14,34H,6,11-12H2,1-3H3,(H,32,33). The molecule has 0 radical (unpaired) electrons. The highest BCUT2D eigenvalue weighted by Crippen LogP contribution is 2.34. The monoisotopic (exact) mass is 528 g/mol. The van der Waals surface area contributed by atoms with Crippen molar-refractivity contribution in [1.29, 1.82) is 5.26 Å². The van der Waals surface area contributed by atoms with Crippen LogP contribution in [0.15, 0.2) is 53.6 Å². The Bertz CT molecular complexity index is 1660. The van der Waals surface area contributed by atoms with Crippen LogP contribution in [0.25, 0.3) is 10.9 Å².